The Morgan fingerprint density at radius 1 is 1.13 bits per heavy atom. The van der Waals surface area contributed by atoms with Crippen molar-refractivity contribution in [1.29, 1.82) is 0 Å². The maximum Gasteiger partial charge on any atom is 0.339 e. The average molecular weight is 208 g/mol. The van der Waals surface area contributed by atoms with Gasteiger partial charge in [0.15, 0.2) is 0 Å². The summed E-state index contributed by atoms with van der Waals surface area (Å²) < 4.78 is 5.14. The molecule has 1 saturated carbocycles. The van der Waals surface area contributed by atoms with Gasteiger partial charge in [-0.05, 0) is 12.8 Å². The average Bonchev–Trinajstić information content (AvgIpc) is 2.43. The van der Waals surface area contributed by atoms with Crippen LogP contribution in [0, 0.1) is 0 Å². The van der Waals surface area contributed by atoms with Crippen LogP contribution in [0.15, 0.2) is 21.3 Å². The topological polar surface area (TPSA) is 50.4 Å². The van der Waals surface area contributed by atoms with Gasteiger partial charge in [-0.1, -0.05) is 25.7 Å². The summed E-state index contributed by atoms with van der Waals surface area (Å²) in [6.45, 7) is 0. The summed E-state index contributed by atoms with van der Waals surface area (Å²) in [7, 11) is 0. The van der Waals surface area contributed by atoms with Crippen LogP contribution in [0.25, 0.3) is 0 Å². The van der Waals surface area contributed by atoms with Crippen molar-refractivity contribution in [3.63, 3.8) is 0 Å². The molecule has 0 saturated heterocycles. The third-order valence-corrected chi connectivity index (χ3v) is 3.03. The second-order valence-electron chi connectivity index (χ2n) is 4.23. The van der Waals surface area contributed by atoms with E-state index in [0.717, 1.165) is 18.9 Å². The Labute approximate surface area is 88.7 Å². The minimum absolute atomic E-state index is 0.0190. The normalized spacial score (nSPS) is 18.7. The Balaban J connectivity index is 2.23. The lowest BCUT2D eigenvalue weighted by molar-refractivity contribution is 0.384. The molecule has 3 nitrogen and oxygen atoms in total. The summed E-state index contributed by atoms with van der Waals surface area (Å²) in [6, 6.07) is 2.69. The molecule has 1 aromatic rings. The van der Waals surface area contributed by atoms with Crippen LogP contribution in [0.1, 0.15) is 50.2 Å². The molecule has 15 heavy (non-hydrogen) atoms. The molecule has 0 atom stereocenters. The minimum Gasteiger partial charge on any atom is -0.508 e. The largest absolute Gasteiger partial charge is 0.508 e. The highest BCUT2D eigenvalue weighted by molar-refractivity contribution is 5.20. The monoisotopic (exact) mass is 208 g/mol. The first-order chi connectivity index (χ1) is 7.25. The zero-order chi connectivity index (χ0) is 10.7. The fourth-order valence-electron chi connectivity index (χ4n) is 2.25. The van der Waals surface area contributed by atoms with E-state index in [0.29, 0.717) is 11.7 Å². The van der Waals surface area contributed by atoms with Gasteiger partial charge in [0.05, 0.1) is 6.07 Å². The molecule has 1 aliphatic carbocycles. The summed E-state index contributed by atoms with van der Waals surface area (Å²) in [6.07, 6.45) is 7.02. The van der Waals surface area contributed by atoms with E-state index in [2.05, 4.69) is 0 Å². The molecule has 1 aromatic heterocycles. The Morgan fingerprint density at radius 3 is 2.40 bits per heavy atom. The summed E-state index contributed by atoms with van der Waals surface area (Å²) in [4.78, 5) is 11.1. The zero-order valence-electron chi connectivity index (χ0n) is 8.74. The van der Waals surface area contributed by atoms with Gasteiger partial charge in [-0.3, -0.25) is 0 Å². The highest BCUT2D eigenvalue weighted by atomic mass is 16.4. The summed E-state index contributed by atoms with van der Waals surface area (Å²) in [5, 5.41) is 9.33. The maximum atomic E-state index is 11.1. The van der Waals surface area contributed by atoms with E-state index in [1.54, 1.807) is 6.07 Å². The molecule has 1 aliphatic rings. The third-order valence-electron chi connectivity index (χ3n) is 3.03. The van der Waals surface area contributed by atoms with Crippen LogP contribution < -0.4 is 5.63 Å². The van der Waals surface area contributed by atoms with Gasteiger partial charge < -0.3 is 9.52 Å². The highest BCUT2D eigenvalue weighted by Crippen LogP contribution is 2.31. The van der Waals surface area contributed by atoms with E-state index in [9.17, 15) is 9.90 Å². The molecule has 0 unspecified atom stereocenters. The van der Waals surface area contributed by atoms with E-state index in [-0.39, 0.29) is 5.75 Å². The molecule has 82 valence electrons. The fraction of sp³-hybridized carbons (Fsp3) is 0.583. The molecule has 0 spiro atoms. The first kappa shape index (κ1) is 10.3. The zero-order valence-corrected chi connectivity index (χ0v) is 8.74. The van der Waals surface area contributed by atoms with Crippen LogP contribution in [0.3, 0.4) is 0 Å². The van der Waals surface area contributed by atoms with Gasteiger partial charge in [-0.15, -0.1) is 0 Å². The van der Waals surface area contributed by atoms with Crippen molar-refractivity contribution in [1.82, 2.24) is 0 Å². The van der Waals surface area contributed by atoms with Gasteiger partial charge in [-0.2, -0.15) is 0 Å². The van der Waals surface area contributed by atoms with E-state index >= 15 is 0 Å². The summed E-state index contributed by atoms with van der Waals surface area (Å²) in [5.41, 5.74) is -0.450. The molecule has 0 radical (unpaired) electrons. The van der Waals surface area contributed by atoms with Crippen LogP contribution in [0.5, 0.6) is 5.75 Å². The van der Waals surface area contributed by atoms with E-state index < -0.39 is 5.63 Å². The molecule has 1 fully saturated rings. The predicted molar refractivity (Wildman–Crippen MR) is 57.1 cm³/mol. The SMILES string of the molecule is O=c1cc(O)cc(C2CCCCCC2)o1. The predicted octanol–water partition coefficient (Wildman–Crippen LogP) is 2.78. The van der Waals surface area contributed by atoms with Gasteiger partial charge in [0.1, 0.15) is 11.5 Å². The van der Waals surface area contributed by atoms with Gasteiger partial charge in [-0.25, -0.2) is 4.79 Å². The second kappa shape index (κ2) is 4.51. The molecule has 2 rings (SSSR count). The van der Waals surface area contributed by atoms with E-state index in [4.69, 9.17) is 4.42 Å². The Bertz CT molecular complexity index is 373. The smallest absolute Gasteiger partial charge is 0.339 e. The lowest BCUT2D eigenvalue weighted by Gasteiger charge is -2.11. The van der Waals surface area contributed by atoms with Crippen molar-refractivity contribution in [2.45, 2.75) is 44.4 Å². The van der Waals surface area contributed by atoms with Crippen molar-refractivity contribution >= 4 is 0 Å². The number of aromatic hydroxyl groups is 1. The Morgan fingerprint density at radius 2 is 1.80 bits per heavy atom. The van der Waals surface area contributed by atoms with Gasteiger partial charge in [0, 0.05) is 12.0 Å². The molecule has 0 aromatic carbocycles. The molecule has 1 N–H and O–H groups in total. The molecular formula is C12H16O3. The van der Waals surface area contributed by atoms with Crippen LogP contribution in [-0.2, 0) is 0 Å². The van der Waals surface area contributed by atoms with Gasteiger partial charge in [0.25, 0.3) is 0 Å². The number of hydrogen-bond acceptors (Lipinski definition) is 3. The van der Waals surface area contributed by atoms with Crippen LogP contribution in [0.4, 0.5) is 0 Å². The van der Waals surface area contributed by atoms with E-state index in [1.165, 1.54) is 25.7 Å². The molecule has 0 aliphatic heterocycles. The molecule has 0 bridgehead atoms. The first-order valence-corrected chi connectivity index (χ1v) is 5.60. The van der Waals surface area contributed by atoms with Crippen molar-refractivity contribution in [2.24, 2.45) is 0 Å². The molecule has 1 heterocycles. The Hall–Kier alpha value is -1.25. The minimum atomic E-state index is -0.450. The molecule has 3 heteroatoms. The van der Waals surface area contributed by atoms with Crippen molar-refractivity contribution in [3.8, 4) is 5.75 Å². The molecule has 0 amide bonds. The lowest BCUT2D eigenvalue weighted by atomic mass is 9.97. The van der Waals surface area contributed by atoms with Crippen molar-refractivity contribution in [3.05, 3.63) is 28.3 Å². The standard InChI is InChI=1S/C12H16O3/c13-10-7-11(15-12(14)8-10)9-5-3-1-2-4-6-9/h7-9,13H,1-6H2. The third kappa shape index (κ3) is 2.61. The lowest BCUT2D eigenvalue weighted by Crippen LogP contribution is -2.03. The van der Waals surface area contributed by atoms with Crippen LogP contribution in [-0.4, -0.2) is 5.11 Å². The van der Waals surface area contributed by atoms with Crippen LogP contribution in [0.2, 0.25) is 0 Å². The maximum absolute atomic E-state index is 11.1. The fourth-order valence-corrected chi connectivity index (χ4v) is 2.25. The van der Waals surface area contributed by atoms with Gasteiger partial charge in [0.2, 0.25) is 0 Å². The summed E-state index contributed by atoms with van der Waals surface area (Å²) >= 11 is 0. The quantitative estimate of drug-likeness (QED) is 0.722. The highest BCUT2D eigenvalue weighted by Gasteiger charge is 2.17. The number of rotatable bonds is 1. The van der Waals surface area contributed by atoms with Gasteiger partial charge >= 0.3 is 5.63 Å². The summed E-state index contributed by atoms with van der Waals surface area (Å²) in [5.74, 6) is 0.986. The van der Waals surface area contributed by atoms with Crippen molar-refractivity contribution in [2.75, 3.05) is 0 Å². The van der Waals surface area contributed by atoms with Crippen LogP contribution >= 0.6 is 0 Å². The molecular weight excluding hydrogens is 192 g/mol. The number of hydrogen-bond donors (Lipinski definition) is 1. The second-order valence-corrected chi connectivity index (χ2v) is 4.23. The first-order valence-electron chi connectivity index (χ1n) is 5.60. The Kier molecular flexibility index (Phi) is 3.09. The van der Waals surface area contributed by atoms with Crippen molar-refractivity contribution < 1.29 is 9.52 Å². The van der Waals surface area contributed by atoms with E-state index in [1.807, 2.05) is 0 Å².